The summed E-state index contributed by atoms with van der Waals surface area (Å²) in [4.78, 5) is 30.4. The van der Waals surface area contributed by atoms with Crippen LogP contribution in [0.5, 0.6) is 0 Å². The zero-order valence-electron chi connectivity index (χ0n) is 7.75. The molecule has 0 saturated carbocycles. The first kappa shape index (κ1) is 11.4. The number of nitrogens with one attached hydrogen (secondary N) is 1. The zero-order chi connectivity index (χ0) is 12.1. The molecule has 0 spiro atoms. The van der Waals surface area contributed by atoms with Crippen LogP contribution in [0, 0.1) is 10.1 Å². The van der Waals surface area contributed by atoms with Crippen molar-refractivity contribution in [1.29, 1.82) is 0 Å². The van der Waals surface area contributed by atoms with Crippen molar-refractivity contribution in [2.75, 3.05) is 0 Å². The Balaban J connectivity index is 2.60. The van der Waals surface area contributed by atoms with E-state index in [4.69, 9.17) is 0 Å². The first-order valence-corrected chi connectivity index (χ1v) is 3.88. The van der Waals surface area contributed by atoms with Crippen LogP contribution in [0.4, 0.5) is 5.88 Å². The van der Waals surface area contributed by atoms with Crippen LogP contribution in [0.1, 0.15) is 5.76 Å². The molecule has 1 heterocycles. The Bertz CT molecular complexity index is 463. The summed E-state index contributed by atoms with van der Waals surface area (Å²) in [6.45, 7) is 0. The van der Waals surface area contributed by atoms with Crippen molar-refractivity contribution < 1.29 is 18.9 Å². The first-order valence-electron chi connectivity index (χ1n) is 3.88. The average Bonchev–Trinajstić information content (AvgIpc) is 2.66. The molecular formula is C7H6N4O5. The normalized spacial score (nSPS) is 10.2. The molecule has 1 aromatic rings. The van der Waals surface area contributed by atoms with Crippen molar-refractivity contribution in [2.45, 2.75) is 0 Å². The highest BCUT2D eigenvalue weighted by molar-refractivity contribution is 6.34. The maximum atomic E-state index is 10.6. The van der Waals surface area contributed by atoms with Gasteiger partial charge in [0.2, 0.25) is 0 Å². The summed E-state index contributed by atoms with van der Waals surface area (Å²) in [5, 5.41) is 13.5. The Morgan fingerprint density at radius 2 is 2.25 bits per heavy atom. The molecule has 9 heteroatoms. The Labute approximate surface area is 88.1 Å². The van der Waals surface area contributed by atoms with Crippen LogP contribution in [-0.2, 0) is 9.59 Å². The fraction of sp³-hybridized carbons (Fsp3) is 0. The molecule has 9 nitrogen and oxygen atoms in total. The lowest BCUT2D eigenvalue weighted by Gasteiger charge is -1.91. The third kappa shape index (κ3) is 2.90. The second-order valence-electron chi connectivity index (χ2n) is 2.50. The molecule has 0 atom stereocenters. The lowest BCUT2D eigenvalue weighted by atomic mass is 10.5. The Hall–Kier alpha value is -2.71. The summed E-state index contributed by atoms with van der Waals surface area (Å²) >= 11 is 0. The number of rotatable bonds is 3. The van der Waals surface area contributed by atoms with Crippen molar-refractivity contribution in [3.63, 3.8) is 0 Å². The quantitative estimate of drug-likeness (QED) is 0.298. The average molecular weight is 226 g/mol. The van der Waals surface area contributed by atoms with E-state index in [9.17, 15) is 19.7 Å². The number of amides is 2. The predicted octanol–water partition coefficient (Wildman–Crippen LogP) is -0.877. The number of nitrogens with two attached hydrogens (primary N) is 1. The second-order valence-corrected chi connectivity index (χ2v) is 2.50. The number of carbonyl (C=O) groups excluding carboxylic acids is 2. The van der Waals surface area contributed by atoms with Gasteiger partial charge in [-0.1, -0.05) is 0 Å². The van der Waals surface area contributed by atoms with Crippen molar-refractivity contribution >= 4 is 23.9 Å². The van der Waals surface area contributed by atoms with Crippen molar-refractivity contribution in [2.24, 2.45) is 10.8 Å². The maximum Gasteiger partial charge on any atom is 0.433 e. The van der Waals surface area contributed by atoms with Crippen molar-refractivity contribution in [3.05, 3.63) is 28.0 Å². The number of carbonyl (C=O) groups is 2. The van der Waals surface area contributed by atoms with E-state index in [0.717, 1.165) is 12.3 Å². The zero-order valence-corrected chi connectivity index (χ0v) is 7.75. The SMILES string of the molecule is NC(=O)C(=O)N/N=C/c1ccc([N+](=O)[O-])o1. The van der Waals surface area contributed by atoms with Gasteiger partial charge >= 0.3 is 17.7 Å². The summed E-state index contributed by atoms with van der Waals surface area (Å²) in [6.07, 6.45) is 0.994. The number of hydrogen-bond acceptors (Lipinski definition) is 6. The number of hydrazone groups is 1. The molecule has 0 saturated heterocycles. The third-order valence-electron chi connectivity index (χ3n) is 1.37. The van der Waals surface area contributed by atoms with Gasteiger partial charge in [0, 0.05) is 0 Å². The molecule has 0 unspecified atom stereocenters. The van der Waals surface area contributed by atoms with Gasteiger partial charge in [-0.3, -0.25) is 19.7 Å². The predicted molar refractivity (Wildman–Crippen MR) is 50.3 cm³/mol. The first-order chi connectivity index (χ1) is 7.50. The summed E-state index contributed by atoms with van der Waals surface area (Å²) in [7, 11) is 0. The molecule has 1 aromatic heterocycles. The van der Waals surface area contributed by atoms with Crippen LogP contribution < -0.4 is 11.2 Å². The van der Waals surface area contributed by atoms with Crippen LogP contribution in [0.3, 0.4) is 0 Å². The monoisotopic (exact) mass is 226 g/mol. The van der Waals surface area contributed by atoms with Gasteiger partial charge in [0.05, 0.1) is 12.3 Å². The van der Waals surface area contributed by atoms with E-state index >= 15 is 0 Å². The lowest BCUT2D eigenvalue weighted by molar-refractivity contribution is -0.402. The van der Waals surface area contributed by atoms with Crippen LogP contribution in [0.15, 0.2) is 21.7 Å². The number of furan rings is 1. The molecule has 2 amide bonds. The van der Waals surface area contributed by atoms with Crippen LogP contribution in [0.25, 0.3) is 0 Å². The topological polar surface area (TPSA) is 141 Å². The minimum absolute atomic E-state index is 0.0523. The second kappa shape index (κ2) is 4.68. The Kier molecular flexibility index (Phi) is 3.33. The highest BCUT2D eigenvalue weighted by Gasteiger charge is 2.10. The smallest absolute Gasteiger partial charge is 0.400 e. The summed E-state index contributed by atoms with van der Waals surface area (Å²) in [5.74, 6) is -2.70. The van der Waals surface area contributed by atoms with E-state index in [2.05, 4.69) is 15.3 Å². The van der Waals surface area contributed by atoms with E-state index in [0.29, 0.717) is 0 Å². The molecule has 16 heavy (non-hydrogen) atoms. The van der Waals surface area contributed by atoms with Crippen molar-refractivity contribution in [1.82, 2.24) is 5.43 Å². The largest absolute Gasteiger partial charge is 0.433 e. The minimum Gasteiger partial charge on any atom is -0.400 e. The van der Waals surface area contributed by atoms with E-state index in [-0.39, 0.29) is 5.76 Å². The summed E-state index contributed by atoms with van der Waals surface area (Å²) in [6, 6.07) is 2.40. The van der Waals surface area contributed by atoms with Crippen molar-refractivity contribution in [3.8, 4) is 0 Å². The van der Waals surface area contributed by atoms with Gasteiger partial charge in [-0.25, -0.2) is 5.43 Å². The molecule has 0 bridgehead atoms. The van der Waals surface area contributed by atoms with Gasteiger partial charge in [-0.15, -0.1) is 0 Å². The highest BCUT2D eigenvalue weighted by atomic mass is 16.6. The molecule has 0 aliphatic rings. The van der Waals surface area contributed by atoms with Crippen LogP contribution in [-0.4, -0.2) is 23.0 Å². The lowest BCUT2D eigenvalue weighted by Crippen LogP contribution is -2.32. The number of nitrogens with zero attached hydrogens (tertiary/aromatic N) is 2. The fourth-order valence-electron chi connectivity index (χ4n) is 0.719. The molecule has 1 rings (SSSR count). The molecular weight excluding hydrogens is 220 g/mol. The van der Waals surface area contributed by atoms with Gasteiger partial charge < -0.3 is 10.2 Å². The van der Waals surface area contributed by atoms with Crippen LogP contribution >= 0.6 is 0 Å². The van der Waals surface area contributed by atoms with Crippen LogP contribution in [0.2, 0.25) is 0 Å². The Morgan fingerprint density at radius 3 is 2.75 bits per heavy atom. The summed E-state index contributed by atoms with van der Waals surface area (Å²) < 4.78 is 4.67. The van der Waals surface area contributed by atoms with Gasteiger partial charge in [-0.05, 0) is 6.07 Å². The summed E-state index contributed by atoms with van der Waals surface area (Å²) in [5.41, 5.74) is 6.42. The maximum absolute atomic E-state index is 10.6. The number of nitro groups is 1. The molecule has 0 aliphatic carbocycles. The van der Waals surface area contributed by atoms with Gasteiger partial charge in [0.15, 0.2) is 5.76 Å². The standard InChI is InChI=1S/C7H6N4O5/c8-6(12)7(13)10-9-3-4-1-2-5(16-4)11(14)15/h1-3H,(H2,8,12)(H,10,13)/b9-3+. The minimum atomic E-state index is -1.19. The van der Waals surface area contributed by atoms with E-state index in [1.54, 1.807) is 5.43 Å². The molecule has 0 fully saturated rings. The molecule has 0 aliphatic heterocycles. The van der Waals surface area contributed by atoms with Gasteiger partial charge in [-0.2, -0.15) is 5.10 Å². The van der Waals surface area contributed by atoms with E-state index in [1.807, 2.05) is 0 Å². The third-order valence-corrected chi connectivity index (χ3v) is 1.37. The molecule has 3 N–H and O–H groups in total. The number of primary amides is 1. The van der Waals surface area contributed by atoms with Gasteiger partial charge in [0.25, 0.3) is 0 Å². The molecule has 0 radical (unpaired) electrons. The van der Waals surface area contributed by atoms with Gasteiger partial charge in [0.1, 0.15) is 4.92 Å². The number of hydrogen-bond donors (Lipinski definition) is 2. The Morgan fingerprint density at radius 1 is 1.56 bits per heavy atom. The fourth-order valence-corrected chi connectivity index (χ4v) is 0.719. The van der Waals surface area contributed by atoms with E-state index < -0.39 is 22.6 Å². The van der Waals surface area contributed by atoms with E-state index in [1.165, 1.54) is 6.07 Å². The highest BCUT2D eigenvalue weighted by Crippen LogP contribution is 2.13. The molecule has 84 valence electrons. The molecule has 0 aromatic carbocycles.